The van der Waals surface area contributed by atoms with Crippen LogP contribution in [0.3, 0.4) is 0 Å². The molecule has 3 fully saturated rings. The van der Waals surface area contributed by atoms with E-state index in [1.807, 2.05) is 34.9 Å². The molecule has 0 N–H and O–H groups in total. The highest BCUT2D eigenvalue weighted by atomic mass is 16.7. The van der Waals surface area contributed by atoms with E-state index >= 15 is 0 Å². The predicted octanol–water partition coefficient (Wildman–Crippen LogP) is 2.14. The van der Waals surface area contributed by atoms with E-state index < -0.39 is 5.79 Å². The second-order valence-electron chi connectivity index (χ2n) is 8.25. The highest BCUT2D eigenvalue weighted by Gasteiger charge is 2.42. The van der Waals surface area contributed by atoms with Crippen LogP contribution >= 0.6 is 0 Å². The van der Waals surface area contributed by atoms with E-state index in [9.17, 15) is 9.59 Å². The zero-order valence-electron chi connectivity index (χ0n) is 16.7. The number of hydrogen-bond donors (Lipinski definition) is 0. The van der Waals surface area contributed by atoms with Crippen molar-refractivity contribution in [2.45, 2.75) is 44.8 Å². The number of ether oxygens (including phenoxy) is 2. The second kappa shape index (κ2) is 8.21. The van der Waals surface area contributed by atoms with Gasteiger partial charge in [0, 0.05) is 44.9 Å². The Labute approximate surface area is 166 Å². The molecule has 3 heterocycles. The van der Waals surface area contributed by atoms with Crippen molar-refractivity contribution < 1.29 is 19.1 Å². The molecule has 4 rings (SSSR count). The Hall–Kier alpha value is -1.92. The fourth-order valence-corrected chi connectivity index (χ4v) is 4.60. The first-order valence-corrected chi connectivity index (χ1v) is 10.4. The molecule has 2 amide bonds. The van der Waals surface area contributed by atoms with Crippen LogP contribution in [0.25, 0.3) is 0 Å². The fourth-order valence-electron chi connectivity index (χ4n) is 4.60. The van der Waals surface area contributed by atoms with E-state index in [1.54, 1.807) is 0 Å². The Morgan fingerprint density at radius 3 is 2.36 bits per heavy atom. The minimum atomic E-state index is -0.442. The summed E-state index contributed by atoms with van der Waals surface area (Å²) in [4.78, 5) is 29.4. The lowest BCUT2D eigenvalue weighted by Crippen LogP contribution is -2.50. The van der Waals surface area contributed by atoms with Gasteiger partial charge >= 0.3 is 0 Å². The Kier molecular flexibility index (Phi) is 5.69. The van der Waals surface area contributed by atoms with Gasteiger partial charge in [0.15, 0.2) is 5.79 Å². The lowest BCUT2D eigenvalue weighted by atomic mass is 9.93. The molecule has 0 bridgehead atoms. The monoisotopic (exact) mass is 386 g/mol. The van der Waals surface area contributed by atoms with Gasteiger partial charge in [-0.05, 0) is 25.3 Å². The topological polar surface area (TPSA) is 59.1 Å². The molecular weight excluding hydrogens is 356 g/mol. The lowest BCUT2D eigenvalue weighted by molar-refractivity contribution is -0.188. The Balaban J connectivity index is 1.24. The normalized spacial score (nSPS) is 22.6. The van der Waals surface area contributed by atoms with Crippen LogP contribution in [0.2, 0.25) is 0 Å². The third-order valence-electron chi connectivity index (χ3n) is 6.29. The van der Waals surface area contributed by atoms with Crippen LogP contribution in [-0.2, 0) is 25.5 Å². The van der Waals surface area contributed by atoms with Gasteiger partial charge in [0.1, 0.15) is 0 Å². The van der Waals surface area contributed by atoms with Gasteiger partial charge in [0.2, 0.25) is 11.8 Å². The van der Waals surface area contributed by atoms with E-state index in [1.165, 1.54) is 5.56 Å². The van der Waals surface area contributed by atoms with E-state index in [-0.39, 0.29) is 17.7 Å². The number of rotatable bonds is 3. The highest BCUT2D eigenvalue weighted by molar-refractivity contribution is 5.81. The van der Waals surface area contributed by atoms with Crippen LogP contribution in [0.1, 0.15) is 36.8 Å². The molecule has 1 aromatic carbocycles. The molecule has 0 atom stereocenters. The third-order valence-corrected chi connectivity index (χ3v) is 6.29. The van der Waals surface area contributed by atoms with Crippen molar-refractivity contribution in [3.63, 3.8) is 0 Å². The Morgan fingerprint density at radius 2 is 1.71 bits per heavy atom. The summed E-state index contributed by atoms with van der Waals surface area (Å²) in [5.41, 5.74) is 2.23. The number of likely N-dealkylation sites (tertiary alicyclic amines) is 2. The van der Waals surface area contributed by atoms with Crippen molar-refractivity contribution in [3.8, 4) is 0 Å². The van der Waals surface area contributed by atoms with Crippen LogP contribution in [0.15, 0.2) is 24.3 Å². The van der Waals surface area contributed by atoms with E-state index in [2.05, 4.69) is 6.07 Å². The summed E-state index contributed by atoms with van der Waals surface area (Å²) in [5.74, 6) is -0.0180. The molecule has 3 saturated heterocycles. The van der Waals surface area contributed by atoms with Crippen LogP contribution in [0.4, 0.5) is 0 Å². The quantitative estimate of drug-likeness (QED) is 0.799. The number of nitrogens with zero attached hydrogens (tertiary/aromatic N) is 2. The number of aryl methyl sites for hydroxylation is 1. The molecule has 1 aromatic rings. The summed E-state index contributed by atoms with van der Waals surface area (Å²) in [6.45, 7) is 6.09. The zero-order chi connectivity index (χ0) is 19.6. The van der Waals surface area contributed by atoms with Gasteiger partial charge in [0.25, 0.3) is 0 Å². The molecule has 3 aliphatic rings. The average Bonchev–Trinajstić information content (AvgIpc) is 3.16. The number of carbonyl (C=O) groups excluding carboxylic acids is 2. The molecule has 28 heavy (non-hydrogen) atoms. The Morgan fingerprint density at radius 1 is 1.04 bits per heavy atom. The maximum absolute atomic E-state index is 12.9. The predicted molar refractivity (Wildman–Crippen MR) is 105 cm³/mol. The summed E-state index contributed by atoms with van der Waals surface area (Å²) < 4.78 is 11.5. The number of carbonyl (C=O) groups is 2. The molecule has 0 aromatic heterocycles. The number of hydrogen-bond acceptors (Lipinski definition) is 4. The minimum Gasteiger partial charge on any atom is -0.347 e. The number of amides is 2. The molecule has 6 heteroatoms. The molecular formula is C22H30N2O4. The molecule has 0 saturated carbocycles. The van der Waals surface area contributed by atoms with E-state index in [0.29, 0.717) is 45.8 Å². The van der Waals surface area contributed by atoms with Crippen molar-refractivity contribution in [2.75, 3.05) is 39.4 Å². The maximum atomic E-state index is 12.9. The smallest absolute Gasteiger partial charge is 0.226 e. The zero-order valence-corrected chi connectivity index (χ0v) is 16.7. The molecule has 6 nitrogen and oxygen atoms in total. The standard InChI is InChI=1S/C22H30N2O4/c1-17-3-2-4-18(15-17)16-20(25)23-9-5-19(6-10-23)21(26)24-11-7-22(8-12-24)27-13-14-28-22/h2-4,15,19H,5-14,16H2,1H3. The molecule has 1 spiro atoms. The average molecular weight is 386 g/mol. The van der Waals surface area contributed by atoms with Crippen molar-refractivity contribution in [1.29, 1.82) is 0 Å². The van der Waals surface area contributed by atoms with Gasteiger partial charge in [-0.2, -0.15) is 0 Å². The summed E-state index contributed by atoms with van der Waals surface area (Å²) in [6, 6.07) is 8.10. The maximum Gasteiger partial charge on any atom is 0.226 e. The van der Waals surface area contributed by atoms with Crippen molar-refractivity contribution in [3.05, 3.63) is 35.4 Å². The Bertz CT molecular complexity index is 711. The van der Waals surface area contributed by atoms with Crippen LogP contribution in [0.5, 0.6) is 0 Å². The summed E-state index contributed by atoms with van der Waals surface area (Å²) in [6.07, 6.45) is 3.47. The third kappa shape index (κ3) is 4.23. The largest absolute Gasteiger partial charge is 0.347 e. The first-order chi connectivity index (χ1) is 13.5. The molecule has 152 valence electrons. The summed E-state index contributed by atoms with van der Waals surface area (Å²) in [5, 5.41) is 0. The minimum absolute atomic E-state index is 0.0301. The van der Waals surface area contributed by atoms with Crippen molar-refractivity contribution in [1.82, 2.24) is 9.80 Å². The fraction of sp³-hybridized carbons (Fsp3) is 0.636. The molecule has 0 radical (unpaired) electrons. The van der Waals surface area contributed by atoms with E-state index in [4.69, 9.17) is 9.47 Å². The summed E-state index contributed by atoms with van der Waals surface area (Å²) in [7, 11) is 0. The van der Waals surface area contributed by atoms with Crippen LogP contribution < -0.4 is 0 Å². The SMILES string of the molecule is Cc1cccc(CC(=O)N2CCC(C(=O)N3CCC4(CC3)OCCO4)CC2)c1. The first kappa shape index (κ1) is 19.4. The molecule has 0 unspecified atom stereocenters. The molecule has 3 aliphatic heterocycles. The number of piperidine rings is 2. The van der Waals surface area contributed by atoms with Gasteiger partial charge in [0.05, 0.1) is 19.6 Å². The van der Waals surface area contributed by atoms with Crippen LogP contribution in [-0.4, -0.2) is 66.8 Å². The summed E-state index contributed by atoms with van der Waals surface area (Å²) >= 11 is 0. The van der Waals surface area contributed by atoms with Crippen molar-refractivity contribution in [2.24, 2.45) is 5.92 Å². The first-order valence-electron chi connectivity index (χ1n) is 10.4. The lowest BCUT2D eigenvalue weighted by Gasteiger charge is -2.40. The number of benzene rings is 1. The van der Waals surface area contributed by atoms with Crippen LogP contribution in [0, 0.1) is 12.8 Å². The second-order valence-corrected chi connectivity index (χ2v) is 8.25. The highest BCUT2D eigenvalue weighted by Crippen LogP contribution is 2.32. The van der Waals surface area contributed by atoms with E-state index in [0.717, 1.165) is 31.2 Å². The van der Waals surface area contributed by atoms with Gasteiger partial charge in [-0.1, -0.05) is 29.8 Å². The van der Waals surface area contributed by atoms with Gasteiger partial charge in [-0.25, -0.2) is 0 Å². The molecule has 0 aliphatic carbocycles. The van der Waals surface area contributed by atoms with Gasteiger partial charge in [-0.3, -0.25) is 9.59 Å². The van der Waals surface area contributed by atoms with Gasteiger partial charge < -0.3 is 19.3 Å². The van der Waals surface area contributed by atoms with Gasteiger partial charge in [-0.15, -0.1) is 0 Å². The van der Waals surface area contributed by atoms with Crippen molar-refractivity contribution >= 4 is 11.8 Å².